The van der Waals surface area contributed by atoms with E-state index in [1.807, 2.05) is 6.07 Å². The van der Waals surface area contributed by atoms with Crippen molar-refractivity contribution in [2.45, 2.75) is 38.5 Å². The Bertz CT molecular complexity index is 384. The number of aryl methyl sites for hydroxylation is 1. The molecule has 0 N–H and O–H groups in total. The van der Waals surface area contributed by atoms with E-state index in [0.29, 0.717) is 6.42 Å². The molecule has 0 aliphatic heterocycles. The molecule has 0 aromatic heterocycles. The second-order valence-corrected chi connectivity index (χ2v) is 4.31. The van der Waals surface area contributed by atoms with E-state index in [1.165, 1.54) is 6.07 Å². The van der Waals surface area contributed by atoms with Gasteiger partial charge in [0.2, 0.25) is 0 Å². The summed E-state index contributed by atoms with van der Waals surface area (Å²) in [5.41, 5.74) is 1.88. The van der Waals surface area contributed by atoms with E-state index in [2.05, 4.69) is 0 Å². The molecule has 1 aliphatic carbocycles. The van der Waals surface area contributed by atoms with Crippen molar-refractivity contribution in [3.05, 3.63) is 35.1 Å². The average Bonchev–Trinajstić information content (AvgIpc) is 2.17. The van der Waals surface area contributed by atoms with Gasteiger partial charge in [0.25, 0.3) is 0 Å². The molecule has 1 aliphatic rings. The van der Waals surface area contributed by atoms with Gasteiger partial charge in [-0.3, -0.25) is 0 Å². The lowest BCUT2D eigenvalue weighted by Crippen LogP contribution is -2.14. The Kier molecular flexibility index (Phi) is 2.85. The van der Waals surface area contributed by atoms with Gasteiger partial charge in [-0.15, -0.1) is 0 Å². The third kappa shape index (κ3) is 2.09. The Balaban J connectivity index is 2.36. The van der Waals surface area contributed by atoms with E-state index < -0.39 is 0 Å². The highest BCUT2D eigenvalue weighted by molar-refractivity contribution is 5.76. The van der Waals surface area contributed by atoms with Crippen molar-refractivity contribution in [2.24, 2.45) is 0 Å². The smallest absolute Gasteiger partial charge is 0.130 e. The number of carbonyl (C=O) groups excluding carboxylic acids is 1. The van der Waals surface area contributed by atoms with Gasteiger partial charge in [0, 0.05) is 6.42 Å². The third-order valence-electron chi connectivity index (χ3n) is 3.08. The van der Waals surface area contributed by atoms with Crippen molar-refractivity contribution >= 4 is 5.78 Å². The zero-order chi connectivity index (χ0) is 10.8. The molecule has 0 bridgehead atoms. The molecule has 1 nitrogen and oxygen atoms in total. The molecular formula is C13H15FO. The van der Waals surface area contributed by atoms with Gasteiger partial charge >= 0.3 is 0 Å². The van der Waals surface area contributed by atoms with Crippen molar-refractivity contribution in [1.29, 1.82) is 0 Å². The molecule has 2 rings (SSSR count). The van der Waals surface area contributed by atoms with Crippen molar-refractivity contribution in [2.75, 3.05) is 0 Å². The lowest BCUT2D eigenvalue weighted by molar-refractivity contribution is -0.117. The maximum Gasteiger partial charge on any atom is 0.130 e. The molecule has 2 heteroatoms. The molecule has 0 fully saturated rings. The number of fused-ring (bicyclic) bond motifs is 1. The van der Waals surface area contributed by atoms with E-state index >= 15 is 0 Å². The van der Waals surface area contributed by atoms with Crippen molar-refractivity contribution < 1.29 is 9.18 Å². The monoisotopic (exact) mass is 206 g/mol. The maximum atomic E-state index is 13.7. The molecular weight excluding hydrogens is 191 g/mol. The van der Waals surface area contributed by atoms with Crippen LogP contribution in [0.3, 0.4) is 0 Å². The minimum atomic E-state index is -0.140. The van der Waals surface area contributed by atoms with Gasteiger partial charge in [-0.25, -0.2) is 4.39 Å². The van der Waals surface area contributed by atoms with Crippen LogP contribution in [-0.2, 0) is 11.2 Å². The van der Waals surface area contributed by atoms with Gasteiger partial charge in [-0.05, 0) is 49.3 Å². The Morgan fingerprint density at radius 1 is 1.53 bits per heavy atom. The van der Waals surface area contributed by atoms with Crippen LogP contribution in [0.4, 0.5) is 4.39 Å². The number of hydrogen-bond acceptors (Lipinski definition) is 1. The van der Waals surface area contributed by atoms with E-state index in [4.69, 9.17) is 0 Å². The molecule has 0 radical (unpaired) electrons. The molecule has 1 atom stereocenters. The molecule has 1 aromatic carbocycles. The fourth-order valence-electron chi connectivity index (χ4n) is 2.49. The van der Waals surface area contributed by atoms with E-state index in [-0.39, 0.29) is 17.5 Å². The Morgan fingerprint density at radius 2 is 2.33 bits per heavy atom. The first-order valence-corrected chi connectivity index (χ1v) is 5.45. The zero-order valence-electron chi connectivity index (χ0n) is 8.92. The predicted octanol–water partition coefficient (Wildman–Crippen LogP) is 3.22. The van der Waals surface area contributed by atoms with Gasteiger partial charge in [0.15, 0.2) is 0 Å². The standard InChI is InChI=1S/C13H15FO/c1-9(15)8-11-6-2-4-10-5-3-7-12(14)13(10)11/h3,5,7,11H,2,4,6,8H2,1H3. The van der Waals surface area contributed by atoms with E-state index in [1.54, 1.807) is 13.0 Å². The summed E-state index contributed by atoms with van der Waals surface area (Å²) in [6, 6.07) is 5.23. The molecule has 1 unspecified atom stereocenters. The fourth-order valence-corrected chi connectivity index (χ4v) is 2.49. The first-order chi connectivity index (χ1) is 7.18. The zero-order valence-corrected chi connectivity index (χ0v) is 8.92. The third-order valence-corrected chi connectivity index (χ3v) is 3.08. The summed E-state index contributed by atoms with van der Waals surface area (Å²) >= 11 is 0. The second-order valence-electron chi connectivity index (χ2n) is 4.31. The quantitative estimate of drug-likeness (QED) is 0.726. The van der Waals surface area contributed by atoms with Gasteiger partial charge in [-0.1, -0.05) is 12.1 Å². The van der Waals surface area contributed by atoms with Gasteiger partial charge in [0.05, 0.1) is 0 Å². The highest BCUT2D eigenvalue weighted by Crippen LogP contribution is 2.35. The summed E-state index contributed by atoms with van der Waals surface area (Å²) < 4.78 is 13.7. The Morgan fingerprint density at radius 3 is 3.07 bits per heavy atom. The SMILES string of the molecule is CC(=O)CC1CCCc2cccc(F)c21. The molecule has 0 saturated heterocycles. The number of halogens is 1. The van der Waals surface area contributed by atoms with Crippen LogP contribution in [0.5, 0.6) is 0 Å². The summed E-state index contributed by atoms with van der Waals surface area (Å²) in [4.78, 5) is 11.1. The normalized spacial score (nSPS) is 19.7. The summed E-state index contributed by atoms with van der Waals surface area (Å²) in [5.74, 6) is 0.113. The Labute approximate surface area is 89.3 Å². The van der Waals surface area contributed by atoms with Crippen LogP contribution < -0.4 is 0 Å². The van der Waals surface area contributed by atoms with Crippen LogP contribution in [0.1, 0.15) is 43.2 Å². The average molecular weight is 206 g/mol. The van der Waals surface area contributed by atoms with Crippen molar-refractivity contribution in [3.8, 4) is 0 Å². The number of ketones is 1. The Hall–Kier alpha value is -1.18. The minimum Gasteiger partial charge on any atom is -0.300 e. The van der Waals surface area contributed by atoms with Gasteiger partial charge in [0.1, 0.15) is 11.6 Å². The van der Waals surface area contributed by atoms with Crippen molar-refractivity contribution in [1.82, 2.24) is 0 Å². The first kappa shape index (κ1) is 10.3. The highest BCUT2D eigenvalue weighted by atomic mass is 19.1. The summed E-state index contributed by atoms with van der Waals surface area (Å²) in [5, 5.41) is 0. The topological polar surface area (TPSA) is 17.1 Å². The number of hydrogen-bond donors (Lipinski definition) is 0. The van der Waals surface area contributed by atoms with Crippen molar-refractivity contribution in [3.63, 3.8) is 0 Å². The molecule has 1 aromatic rings. The predicted molar refractivity (Wildman–Crippen MR) is 57.4 cm³/mol. The molecule has 0 amide bonds. The minimum absolute atomic E-state index is 0.104. The molecule has 0 saturated carbocycles. The lowest BCUT2D eigenvalue weighted by Gasteiger charge is -2.25. The highest BCUT2D eigenvalue weighted by Gasteiger charge is 2.24. The van der Waals surface area contributed by atoms with E-state index in [0.717, 1.165) is 30.4 Å². The number of carbonyl (C=O) groups is 1. The summed E-state index contributed by atoms with van der Waals surface area (Å²) in [6.07, 6.45) is 3.43. The summed E-state index contributed by atoms with van der Waals surface area (Å²) in [6.45, 7) is 1.58. The maximum absolute atomic E-state index is 13.7. The van der Waals surface area contributed by atoms with Crippen LogP contribution in [0, 0.1) is 5.82 Å². The second kappa shape index (κ2) is 4.13. The molecule has 15 heavy (non-hydrogen) atoms. The molecule has 0 heterocycles. The van der Waals surface area contributed by atoms with Crippen LogP contribution in [-0.4, -0.2) is 5.78 Å². The molecule has 0 spiro atoms. The van der Waals surface area contributed by atoms with Crippen LogP contribution in [0.2, 0.25) is 0 Å². The van der Waals surface area contributed by atoms with Gasteiger partial charge in [-0.2, -0.15) is 0 Å². The first-order valence-electron chi connectivity index (χ1n) is 5.45. The van der Waals surface area contributed by atoms with Crippen LogP contribution in [0.25, 0.3) is 0 Å². The number of benzene rings is 1. The fraction of sp³-hybridized carbons (Fsp3) is 0.462. The largest absolute Gasteiger partial charge is 0.300 e. The number of rotatable bonds is 2. The van der Waals surface area contributed by atoms with Crippen LogP contribution in [0.15, 0.2) is 18.2 Å². The number of Topliss-reactive ketones (excluding diaryl/α,β-unsaturated/α-hetero) is 1. The van der Waals surface area contributed by atoms with E-state index in [9.17, 15) is 9.18 Å². The van der Waals surface area contributed by atoms with Crippen LogP contribution >= 0.6 is 0 Å². The molecule has 80 valence electrons. The lowest BCUT2D eigenvalue weighted by atomic mass is 9.80. The summed E-state index contributed by atoms with van der Waals surface area (Å²) in [7, 11) is 0. The van der Waals surface area contributed by atoms with Gasteiger partial charge < -0.3 is 4.79 Å².